The van der Waals surface area contributed by atoms with Gasteiger partial charge in [0.1, 0.15) is 0 Å². The summed E-state index contributed by atoms with van der Waals surface area (Å²) in [6.07, 6.45) is 1.76. The van der Waals surface area contributed by atoms with Crippen molar-refractivity contribution in [3.63, 3.8) is 0 Å². The third-order valence-corrected chi connectivity index (χ3v) is 7.85. The first-order valence-corrected chi connectivity index (χ1v) is 11.9. The number of carbonyl (C=O) groups excluding carboxylic acids is 1. The number of hydrogen-bond acceptors (Lipinski definition) is 6. The summed E-state index contributed by atoms with van der Waals surface area (Å²) in [6, 6.07) is 11.6. The fourth-order valence-corrected chi connectivity index (χ4v) is 5.47. The number of carbonyl (C=O) groups is 1. The molecule has 1 fully saturated rings. The highest BCUT2D eigenvalue weighted by Crippen LogP contribution is 2.25. The van der Waals surface area contributed by atoms with Crippen molar-refractivity contribution in [2.45, 2.75) is 30.8 Å². The van der Waals surface area contributed by atoms with Crippen LogP contribution in [0.4, 0.5) is 5.69 Å². The van der Waals surface area contributed by atoms with Crippen molar-refractivity contribution in [1.29, 1.82) is 0 Å². The fraction of sp³-hybridized carbons (Fsp3) is 0.333. The number of benzene rings is 2. The van der Waals surface area contributed by atoms with Crippen molar-refractivity contribution in [3.8, 4) is 0 Å². The van der Waals surface area contributed by atoms with E-state index < -0.39 is 10.0 Å². The van der Waals surface area contributed by atoms with Crippen LogP contribution in [0.1, 0.15) is 28.2 Å². The zero-order chi connectivity index (χ0) is 21.3. The summed E-state index contributed by atoms with van der Waals surface area (Å²) < 4.78 is 33.5. The molecule has 1 saturated heterocycles. The number of aromatic nitrogens is 1. The van der Waals surface area contributed by atoms with Gasteiger partial charge in [-0.05, 0) is 62.2 Å². The molecule has 158 valence electrons. The summed E-state index contributed by atoms with van der Waals surface area (Å²) in [5.41, 5.74) is 1.86. The monoisotopic (exact) mass is 445 g/mol. The van der Waals surface area contributed by atoms with Crippen molar-refractivity contribution >= 4 is 43.2 Å². The number of ether oxygens (including phenoxy) is 1. The number of anilines is 1. The molecule has 1 atom stereocenters. The molecule has 9 heteroatoms. The van der Waals surface area contributed by atoms with E-state index >= 15 is 0 Å². The highest BCUT2D eigenvalue weighted by atomic mass is 32.2. The minimum Gasteiger partial charge on any atom is -0.377 e. The molecule has 1 aliphatic heterocycles. The van der Waals surface area contributed by atoms with Crippen LogP contribution in [0.3, 0.4) is 0 Å². The van der Waals surface area contributed by atoms with Crippen LogP contribution in [0.25, 0.3) is 10.2 Å². The molecule has 2 heterocycles. The van der Waals surface area contributed by atoms with Gasteiger partial charge >= 0.3 is 0 Å². The minimum absolute atomic E-state index is 0.0614. The molecular weight excluding hydrogens is 422 g/mol. The number of thiazole rings is 1. The molecule has 1 N–H and O–H groups in total. The van der Waals surface area contributed by atoms with Gasteiger partial charge in [0.25, 0.3) is 5.91 Å². The van der Waals surface area contributed by atoms with Crippen LogP contribution in [-0.4, -0.2) is 49.9 Å². The Morgan fingerprint density at radius 1 is 1.27 bits per heavy atom. The Balaban J connectivity index is 1.45. The average molecular weight is 446 g/mol. The number of fused-ring (bicyclic) bond motifs is 1. The van der Waals surface area contributed by atoms with Gasteiger partial charge in [0.15, 0.2) is 0 Å². The van der Waals surface area contributed by atoms with E-state index in [1.807, 2.05) is 25.1 Å². The van der Waals surface area contributed by atoms with Gasteiger partial charge in [-0.15, -0.1) is 11.3 Å². The molecule has 2 aromatic carbocycles. The highest BCUT2D eigenvalue weighted by Gasteiger charge is 2.26. The largest absolute Gasteiger partial charge is 0.377 e. The number of amides is 1. The zero-order valence-electron chi connectivity index (χ0n) is 16.8. The normalized spacial score (nSPS) is 17.0. The first-order chi connectivity index (χ1) is 14.3. The maximum Gasteiger partial charge on any atom is 0.255 e. The molecule has 0 radical (unpaired) electrons. The van der Waals surface area contributed by atoms with Gasteiger partial charge in [0.05, 0.1) is 26.2 Å². The summed E-state index contributed by atoms with van der Waals surface area (Å²) >= 11 is 1.60. The van der Waals surface area contributed by atoms with E-state index in [4.69, 9.17) is 4.74 Å². The molecule has 0 bridgehead atoms. The topological polar surface area (TPSA) is 88.6 Å². The van der Waals surface area contributed by atoms with Gasteiger partial charge in [0.2, 0.25) is 10.0 Å². The lowest BCUT2D eigenvalue weighted by Gasteiger charge is -2.20. The maximum absolute atomic E-state index is 12.8. The maximum atomic E-state index is 12.8. The molecule has 7 nitrogen and oxygen atoms in total. The van der Waals surface area contributed by atoms with Crippen molar-refractivity contribution in [3.05, 3.63) is 53.0 Å². The lowest BCUT2D eigenvalue weighted by Crippen LogP contribution is -2.34. The van der Waals surface area contributed by atoms with Gasteiger partial charge in [-0.25, -0.2) is 13.4 Å². The number of nitrogens with zero attached hydrogens (tertiary/aromatic N) is 2. The molecule has 1 aliphatic rings. The van der Waals surface area contributed by atoms with Gasteiger partial charge in [0, 0.05) is 31.5 Å². The van der Waals surface area contributed by atoms with E-state index in [-0.39, 0.29) is 16.9 Å². The molecule has 30 heavy (non-hydrogen) atoms. The van der Waals surface area contributed by atoms with E-state index in [9.17, 15) is 13.2 Å². The second kappa shape index (κ2) is 8.43. The summed E-state index contributed by atoms with van der Waals surface area (Å²) in [4.78, 5) is 17.2. The summed E-state index contributed by atoms with van der Waals surface area (Å²) in [5.74, 6) is -0.307. The smallest absolute Gasteiger partial charge is 0.255 e. The lowest BCUT2D eigenvalue weighted by atomic mass is 10.2. The second-order valence-electron chi connectivity index (χ2n) is 7.31. The van der Waals surface area contributed by atoms with Crippen molar-refractivity contribution in [2.24, 2.45) is 0 Å². The molecule has 3 aromatic rings. The Morgan fingerprint density at radius 3 is 2.73 bits per heavy atom. The van der Waals surface area contributed by atoms with Gasteiger partial charge < -0.3 is 10.1 Å². The minimum atomic E-state index is -3.64. The first kappa shape index (κ1) is 20.9. The molecule has 0 spiro atoms. The Kier molecular flexibility index (Phi) is 5.88. The number of nitrogens with one attached hydrogen (secondary N) is 1. The molecule has 0 aliphatic carbocycles. The number of likely N-dealkylation sites (N-methyl/N-ethyl adjacent to an activating group) is 1. The predicted octanol–water partition coefficient (Wildman–Crippen LogP) is 3.66. The van der Waals surface area contributed by atoms with Crippen molar-refractivity contribution in [1.82, 2.24) is 9.29 Å². The van der Waals surface area contributed by atoms with Crippen molar-refractivity contribution < 1.29 is 17.9 Å². The van der Waals surface area contributed by atoms with Gasteiger partial charge in [-0.2, -0.15) is 4.31 Å². The molecule has 0 unspecified atom stereocenters. The number of sulfonamides is 1. The summed E-state index contributed by atoms with van der Waals surface area (Å²) in [6.45, 7) is 2.94. The third-order valence-electron chi connectivity index (χ3n) is 5.06. The Labute approximate surface area is 179 Å². The fourth-order valence-electron chi connectivity index (χ4n) is 3.46. The quantitative estimate of drug-likeness (QED) is 0.626. The third kappa shape index (κ3) is 4.39. The second-order valence-corrected chi connectivity index (χ2v) is 10.6. The van der Waals surface area contributed by atoms with Gasteiger partial charge in [-0.3, -0.25) is 4.79 Å². The Bertz CT molecular complexity index is 1170. The van der Waals surface area contributed by atoms with E-state index in [0.717, 1.165) is 28.1 Å². The molecular formula is C21H23N3O4S2. The SMILES string of the molecule is Cc1nc2cc(NC(=O)c3ccc(S(=O)(=O)N(C)C[C@@H]4CCCO4)cc3)ccc2s1. The average Bonchev–Trinajstić information content (AvgIpc) is 3.36. The van der Waals surface area contributed by atoms with Crippen LogP contribution in [-0.2, 0) is 14.8 Å². The van der Waals surface area contributed by atoms with E-state index in [1.165, 1.54) is 28.6 Å². The predicted molar refractivity (Wildman–Crippen MR) is 118 cm³/mol. The summed E-state index contributed by atoms with van der Waals surface area (Å²) in [7, 11) is -2.09. The van der Waals surface area contributed by atoms with Crippen LogP contribution >= 0.6 is 11.3 Å². The standard InChI is InChI=1S/C21H23N3O4S2/c1-14-22-19-12-16(7-10-20(19)29-14)23-21(25)15-5-8-18(9-6-15)30(26,27)24(2)13-17-4-3-11-28-17/h5-10,12,17H,3-4,11,13H2,1-2H3,(H,23,25)/t17-/m0/s1. The van der Waals surface area contributed by atoms with E-state index in [0.29, 0.717) is 24.4 Å². The lowest BCUT2D eigenvalue weighted by molar-refractivity contribution is 0.0979. The first-order valence-electron chi connectivity index (χ1n) is 9.69. The number of rotatable bonds is 6. The molecule has 4 rings (SSSR count). The van der Waals surface area contributed by atoms with Crippen LogP contribution in [0.15, 0.2) is 47.4 Å². The van der Waals surface area contributed by atoms with Crippen LogP contribution in [0, 0.1) is 6.92 Å². The molecule has 0 saturated carbocycles. The Morgan fingerprint density at radius 2 is 2.03 bits per heavy atom. The number of hydrogen-bond donors (Lipinski definition) is 1. The van der Waals surface area contributed by atoms with Crippen LogP contribution in [0.5, 0.6) is 0 Å². The van der Waals surface area contributed by atoms with Gasteiger partial charge in [-0.1, -0.05) is 0 Å². The van der Waals surface area contributed by atoms with Crippen molar-refractivity contribution in [2.75, 3.05) is 25.5 Å². The van der Waals surface area contributed by atoms with E-state index in [1.54, 1.807) is 18.4 Å². The van der Waals surface area contributed by atoms with E-state index in [2.05, 4.69) is 10.3 Å². The highest BCUT2D eigenvalue weighted by molar-refractivity contribution is 7.89. The van der Waals surface area contributed by atoms with Crippen LogP contribution < -0.4 is 5.32 Å². The molecule has 1 amide bonds. The summed E-state index contributed by atoms with van der Waals surface area (Å²) in [5, 5.41) is 3.81. The Hall–Kier alpha value is -2.33. The zero-order valence-corrected chi connectivity index (χ0v) is 18.4. The molecule has 1 aromatic heterocycles. The van der Waals surface area contributed by atoms with Crippen LogP contribution in [0.2, 0.25) is 0 Å². The number of aryl methyl sites for hydroxylation is 1.